The van der Waals surface area contributed by atoms with Crippen molar-refractivity contribution >= 4 is 21.6 Å². The van der Waals surface area contributed by atoms with Crippen LogP contribution in [-0.4, -0.2) is 21.4 Å². The second-order valence-electron chi connectivity index (χ2n) is 6.66. The van der Waals surface area contributed by atoms with Crippen molar-refractivity contribution in [1.29, 1.82) is 0 Å². The third kappa shape index (κ3) is 3.59. The first-order valence-corrected chi connectivity index (χ1v) is 8.97. The van der Waals surface area contributed by atoms with Crippen molar-refractivity contribution < 1.29 is 13.2 Å². The molecule has 0 spiro atoms. The second-order valence-corrected chi connectivity index (χ2v) is 8.63. The molecule has 6 heteroatoms. The first-order chi connectivity index (χ1) is 11.0. The summed E-state index contributed by atoms with van der Waals surface area (Å²) in [4.78, 5) is 11.2. The molecule has 128 valence electrons. The van der Waals surface area contributed by atoms with E-state index in [1.807, 2.05) is 12.1 Å². The minimum atomic E-state index is -3.70. The molecular weight excluding hydrogens is 324 g/mol. The molecule has 2 N–H and O–H groups in total. The smallest absolute Gasteiger partial charge is 0.264 e. The summed E-state index contributed by atoms with van der Waals surface area (Å²) in [6.45, 7) is 6.30. The van der Waals surface area contributed by atoms with Crippen LogP contribution in [0.4, 0.5) is 5.69 Å². The van der Waals surface area contributed by atoms with Crippen LogP contribution in [-0.2, 0) is 15.4 Å². The predicted molar refractivity (Wildman–Crippen MR) is 95.7 cm³/mol. The number of carbonyl (C=O) groups is 1. The molecule has 5 nitrogen and oxygen atoms in total. The van der Waals surface area contributed by atoms with Gasteiger partial charge in [0.15, 0.2) is 0 Å². The maximum absolute atomic E-state index is 12.7. The maximum atomic E-state index is 12.7. The monoisotopic (exact) mass is 346 g/mol. The molecule has 0 saturated heterocycles. The minimum absolute atomic E-state index is 0.000564. The van der Waals surface area contributed by atoms with E-state index < -0.39 is 15.9 Å². The Kier molecular flexibility index (Phi) is 4.71. The lowest BCUT2D eigenvalue weighted by atomic mass is 9.87. The number of rotatable bonds is 4. The molecule has 24 heavy (non-hydrogen) atoms. The van der Waals surface area contributed by atoms with Crippen LogP contribution in [0, 0.1) is 0 Å². The molecule has 2 aromatic carbocycles. The highest BCUT2D eigenvalue weighted by Crippen LogP contribution is 2.27. The molecule has 0 aliphatic heterocycles. The number of carbonyl (C=O) groups excluding carboxylic acids is 1. The van der Waals surface area contributed by atoms with E-state index in [2.05, 4.69) is 20.8 Å². The van der Waals surface area contributed by atoms with Crippen molar-refractivity contribution in [3.8, 4) is 0 Å². The highest BCUT2D eigenvalue weighted by atomic mass is 32.2. The lowest BCUT2D eigenvalue weighted by Gasteiger charge is -2.22. The second kappa shape index (κ2) is 6.28. The van der Waals surface area contributed by atoms with E-state index in [0.29, 0.717) is 5.69 Å². The summed E-state index contributed by atoms with van der Waals surface area (Å²) in [6, 6.07) is 13.0. The molecular formula is C18H22N2O3S. The zero-order chi connectivity index (χ0) is 18.1. The van der Waals surface area contributed by atoms with Gasteiger partial charge < -0.3 is 5.73 Å². The summed E-state index contributed by atoms with van der Waals surface area (Å²) in [7, 11) is -2.20. The number of hydrogen-bond donors (Lipinski definition) is 1. The Morgan fingerprint density at radius 2 is 1.46 bits per heavy atom. The lowest BCUT2D eigenvalue weighted by Crippen LogP contribution is -2.26. The number of nitrogens with zero attached hydrogens (tertiary/aromatic N) is 1. The van der Waals surface area contributed by atoms with Crippen LogP contribution < -0.4 is 10.0 Å². The van der Waals surface area contributed by atoms with Gasteiger partial charge in [-0.05, 0) is 47.4 Å². The Labute approximate surface area is 143 Å². The number of sulfonamides is 1. The third-order valence-corrected chi connectivity index (χ3v) is 5.69. The molecule has 2 rings (SSSR count). The van der Waals surface area contributed by atoms with Crippen molar-refractivity contribution in [3.63, 3.8) is 0 Å². The molecule has 0 saturated carbocycles. The molecule has 1 amide bonds. The van der Waals surface area contributed by atoms with Crippen LogP contribution in [0.25, 0.3) is 0 Å². The van der Waals surface area contributed by atoms with Crippen LogP contribution >= 0.6 is 0 Å². The quantitative estimate of drug-likeness (QED) is 0.924. The lowest BCUT2D eigenvalue weighted by molar-refractivity contribution is 0.1000. The third-order valence-electron chi connectivity index (χ3n) is 3.89. The highest BCUT2D eigenvalue weighted by molar-refractivity contribution is 7.92. The Hall–Kier alpha value is -2.34. The molecule has 0 heterocycles. The van der Waals surface area contributed by atoms with Crippen LogP contribution in [0.3, 0.4) is 0 Å². The van der Waals surface area contributed by atoms with Gasteiger partial charge in [0.2, 0.25) is 5.91 Å². The largest absolute Gasteiger partial charge is 0.366 e. The molecule has 0 unspecified atom stereocenters. The van der Waals surface area contributed by atoms with E-state index in [-0.39, 0.29) is 15.9 Å². The Balaban J connectivity index is 2.33. The van der Waals surface area contributed by atoms with Crippen molar-refractivity contribution in [3.05, 3.63) is 59.7 Å². The van der Waals surface area contributed by atoms with Gasteiger partial charge in [-0.25, -0.2) is 8.42 Å². The fourth-order valence-electron chi connectivity index (χ4n) is 2.26. The molecule has 0 bridgehead atoms. The van der Waals surface area contributed by atoms with E-state index in [9.17, 15) is 13.2 Å². The highest BCUT2D eigenvalue weighted by Gasteiger charge is 2.22. The zero-order valence-corrected chi connectivity index (χ0v) is 15.1. The summed E-state index contributed by atoms with van der Waals surface area (Å²) in [5.74, 6) is -0.593. The molecule has 0 atom stereocenters. The Bertz CT molecular complexity index is 833. The summed E-state index contributed by atoms with van der Waals surface area (Å²) in [5.41, 5.74) is 7.14. The topological polar surface area (TPSA) is 80.5 Å². The first kappa shape index (κ1) is 18.0. The zero-order valence-electron chi connectivity index (χ0n) is 14.3. The van der Waals surface area contributed by atoms with Crippen LogP contribution in [0.5, 0.6) is 0 Å². The maximum Gasteiger partial charge on any atom is 0.264 e. The van der Waals surface area contributed by atoms with Crippen LogP contribution in [0.1, 0.15) is 36.7 Å². The van der Waals surface area contributed by atoms with E-state index in [4.69, 9.17) is 5.73 Å². The van der Waals surface area contributed by atoms with Gasteiger partial charge in [0, 0.05) is 12.6 Å². The number of benzene rings is 2. The molecule has 0 aliphatic carbocycles. The van der Waals surface area contributed by atoms with Crippen molar-refractivity contribution in [1.82, 2.24) is 0 Å². The molecule has 0 fully saturated rings. The van der Waals surface area contributed by atoms with Crippen molar-refractivity contribution in [2.24, 2.45) is 5.73 Å². The van der Waals surface area contributed by atoms with E-state index in [1.54, 1.807) is 12.1 Å². The van der Waals surface area contributed by atoms with Crippen molar-refractivity contribution in [2.75, 3.05) is 11.4 Å². The molecule has 2 aromatic rings. The number of nitrogens with two attached hydrogens (primary N) is 1. The van der Waals surface area contributed by atoms with Gasteiger partial charge in [0.1, 0.15) is 0 Å². The predicted octanol–water partition coefficient (Wildman–Crippen LogP) is 2.91. The molecule has 0 aliphatic rings. The Morgan fingerprint density at radius 3 is 1.88 bits per heavy atom. The van der Waals surface area contributed by atoms with E-state index in [0.717, 1.165) is 5.56 Å². The number of amides is 1. The van der Waals surface area contributed by atoms with Crippen molar-refractivity contribution in [2.45, 2.75) is 31.1 Å². The van der Waals surface area contributed by atoms with Gasteiger partial charge in [0.25, 0.3) is 10.0 Å². The van der Waals surface area contributed by atoms with Gasteiger partial charge >= 0.3 is 0 Å². The number of hydrogen-bond acceptors (Lipinski definition) is 3. The standard InChI is InChI=1S/C18H22N2O3S/c1-18(2,3)14-7-9-15(10-8-14)20(4)24(22,23)16-11-5-13(6-12-16)17(19)21/h5-12H,1-4H3,(H2,19,21). The van der Waals surface area contributed by atoms with Gasteiger partial charge in [0.05, 0.1) is 10.6 Å². The number of anilines is 1. The number of primary amides is 1. The van der Waals surface area contributed by atoms with Gasteiger partial charge in [-0.1, -0.05) is 32.9 Å². The normalized spacial score (nSPS) is 12.0. The SMILES string of the molecule is CN(c1ccc(C(C)(C)C)cc1)S(=O)(=O)c1ccc(C(N)=O)cc1. The Morgan fingerprint density at radius 1 is 0.958 bits per heavy atom. The average Bonchev–Trinajstić information content (AvgIpc) is 2.53. The fraction of sp³-hybridized carbons (Fsp3) is 0.278. The fourth-order valence-corrected chi connectivity index (χ4v) is 3.45. The van der Waals surface area contributed by atoms with Gasteiger partial charge in [-0.2, -0.15) is 0 Å². The van der Waals surface area contributed by atoms with Gasteiger partial charge in [-0.3, -0.25) is 9.10 Å². The van der Waals surface area contributed by atoms with Crippen LogP contribution in [0.15, 0.2) is 53.4 Å². The minimum Gasteiger partial charge on any atom is -0.366 e. The van der Waals surface area contributed by atoms with Crippen LogP contribution in [0.2, 0.25) is 0 Å². The van der Waals surface area contributed by atoms with E-state index in [1.165, 1.54) is 35.6 Å². The average molecular weight is 346 g/mol. The van der Waals surface area contributed by atoms with E-state index >= 15 is 0 Å². The first-order valence-electron chi connectivity index (χ1n) is 7.53. The summed E-state index contributed by atoms with van der Waals surface area (Å²) in [6.07, 6.45) is 0. The molecule has 0 radical (unpaired) electrons. The summed E-state index contributed by atoms with van der Waals surface area (Å²) < 4.78 is 26.6. The summed E-state index contributed by atoms with van der Waals surface area (Å²) in [5, 5.41) is 0. The van der Waals surface area contributed by atoms with Gasteiger partial charge in [-0.15, -0.1) is 0 Å². The molecule has 0 aromatic heterocycles. The summed E-state index contributed by atoms with van der Waals surface area (Å²) >= 11 is 0.